The Bertz CT molecular complexity index is 900. The molecule has 1 N–H and O–H groups in total. The van der Waals surface area contributed by atoms with Crippen molar-refractivity contribution >= 4 is 16.9 Å². The third kappa shape index (κ3) is 6.21. The van der Waals surface area contributed by atoms with E-state index in [1.54, 1.807) is 19.1 Å². The van der Waals surface area contributed by atoms with E-state index in [0.29, 0.717) is 41.3 Å². The van der Waals surface area contributed by atoms with Crippen molar-refractivity contribution in [2.45, 2.75) is 54.9 Å². The molecular formula is C22H34N2O5. The van der Waals surface area contributed by atoms with Gasteiger partial charge in [-0.2, -0.15) is 0 Å². The highest BCUT2D eigenvalue weighted by Crippen LogP contribution is 2.37. The highest BCUT2D eigenvalue weighted by Gasteiger charge is 2.36. The maximum Gasteiger partial charge on any atom is 0.311 e. The van der Waals surface area contributed by atoms with Crippen LogP contribution in [0.15, 0.2) is 16.9 Å². The van der Waals surface area contributed by atoms with E-state index >= 15 is 0 Å². The van der Waals surface area contributed by atoms with Gasteiger partial charge >= 0.3 is 5.97 Å². The molecule has 162 valence electrons. The molecule has 1 aromatic heterocycles. The van der Waals surface area contributed by atoms with E-state index in [-0.39, 0.29) is 16.9 Å². The third-order valence-electron chi connectivity index (χ3n) is 4.39. The highest BCUT2D eigenvalue weighted by molar-refractivity contribution is 5.81. The number of aromatic amines is 1. The first-order valence-corrected chi connectivity index (χ1v) is 9.79. The number of methoxy groups -OCH3 is 2. The zero-order chi connectivity index (χ0) is 22.4. The zero-order valence-corrected chi connectivity index (χ0v) is 19.1. The Kier molecular flexibility index (Phi) is 8.24. The third-order valence-corrected chi connectivity index (χ3v) is 4.39. The molecule has 0 amide bonds. The Morgan fingerprint density at radius 2 is 1.72 bits per heavy atom. The quantitative estimate of drug-likeness (QED) is 0.691. The van der Waals surface area contributed by atoms with Gasteiger partial charge in [-0.3, -0.25) is 9.59 Å². The number of hydrogen-bond acceptors (Lipinski definition) is 6. The lowest BCUT2D eigenvalue weighted by Crippen LogP contribution is -2.34. The van der Waals surface area contributed by atoms with Crippen LogP contribution in [0.3, 0.4) is 0 Å². The van der Waals surface area contributed by atoms with Gasteiger partial charge in [-0.15, -0.1) is 0 Å². The van der Waals surface area contributed by atoms with Gasteiger partial charge in [0.2, 0.25) is 0 Å². The van der Waals surface area contributed by atoms with Crippen LogP contribution in [-0.4, -0.2) is 36.8 Å². The van der Waals surface area contributed by atoms with Crippen molar-refractivity contribution in [3.8, 4) is 11.5 Å². The monoisotopic (exact) mass is 406 g/mol. The molecule has 1 heterocycles. The number of carbonyl (C=O) groups is 1. The summed E-state index contributed by atoms with van der Waals surface area (Å²) in [6.07, 6.45) is 0.583. The molecule has 0 bridgehead atoms. The Balaban J connectivity index is 0.00000204. The van der Waals surface area contributed by atoms with Crippen molar-refractivity contribution in [3.63, 3.8) is 0 Å². The number of fused-ring (bicyclic) bond motifs is 1. The van der Waals surface area contributed by atoms with Crippen molar-refractivity contribution < 1.29 is 19.0 Å². The summed E-state index contributed by atoms with van der Waals surface area (Å²) in [6.45, 7) is 13.9. The van der Waals surface area contributed by atoms with Crippen LogP contribution in [0, 0.1) is 17.8 Å². The van der Waals surface area contributed by atoms with Crippen LogP contribution in [-0.2, 0) is 9.53 Å². The van der Waals surface area contributed by atoms with Gasteiger partial charge in [0, 0.05) is 6.07 Å². The molecule has 0 saturated carbocycles. The van der Waals surface area contributed by atoms with Gasteiger partial charge in [0.25, 0.3) is 5.56 Å². The first-order chi connectivity index (χ1) is 13.5. The van der Waals surface area contributed by atoms with Crippen molar-refractivity contribution in [2.75, 3.05) is 20.8 Å². The number of nitrogens with zero attached hydrogens (tertiary/aromatic N) is 1. The summed E-state index contributed by atoms with van der Waals surface area (Å²) >= 11 is 0. The second-order valence-corrected chi connectivity index (χ2v) is 8.18. The van der Waals surface area contributed by atoms with Gasteiger partial charge in [0.05, 0.1) is 37.1 Å². The van der Waals surface area contributed by atoms with Gasteiger partial charge in [0.1, 0.15) is 5.82 Å². The van der Waals surface area contributed by atoms with Gasteiger partial charge in [-0.25, -0.2) is 4.98 Å². The first kappa shape index (κ1) is 24.5. The Hall–Kier alpha value is -2.57. The lowest BCUT2D eigenvalue weighted by atomic mass is 9.75. The van der Waals surface area contributed by atoms with Crippen molar-refractivity contribution in [2.24, 2.45) is 10.8 Å². The minimum Gasteiger partial charge on any atom is -0.493 e. The number of aromatic nitrogens is 2. The molecule has 0 unspecified atom stereocenters. The smallest absolute Gasteiger partial charge is 0.311 e. The number of hydrogen-bond donors (Lipinski definition) is 1. The first-order valence-electron chi connectivity index (χ1n) is 9.79. The van der Waals surface area contributed by atoms with E-state index in [4.69, 9.17) is 14.2 Å². The van der Waals surface area contributed by atoms with Crippen LogP contribution in [0.2, 0.25) is 0 Å². The Morgan fingerprint density at radius 3 is 2.28 bits per heavy atom. The molecule has 0 spiro atoms. The van der Waals surface area contributed by atoms with Gasteiger partial charge in [-0.1, -0.05) is 27.7 Å². The lowest BCUT2D eigenvalue weighted by Gasteiger charge is -2.32. The number of nitrogens with one attached hydrogen (secondary N) is 1. The fraction of sp³-hybridized carbons (Fsp3) is 0.591. The molecule has 0 atom stereocenters. The molecule has 7 heteroatoms. The molecule has 0 fully saturated rings. The number of carbonyl (C=O) groups excluding carboxylic acids is 1. The summed E-state index contributed by atoms with van der Waals surface area (Å²) in [4.78, 5) is 31.1. The van der Waals surface area contributed by atoms with Crippen LogP contribution >= 0.6 is 0 Å². The molecule has 1 aromatic carbocycles. The van der Waals surface area contributed by atoms with Crippen LogP contribution in [0.4, 0.5) is 0 Å². The number of aryl methyl sites for hydroxylation is 1. The summed E-state index contributed by atoms with van der Waals surface area (Å²) in [6, 6.07) is 3.33. The maximum atomic E-state index is 12.1. The molecule has 0 radical (unpaired) electrons. The van der Waals surface area contributed by atoms with Crippen molar-refractivity contribution in [1.82, 2.24) is 9.97 Å². The van der Waals surface area contributed by atoms with E-state index in [1.807, 2.05) is 41.5 Å². The normalized spacial score (nSPS) is 11.5. The molecule has 7 nitrogen and oxygen atoms in total. The van der Waals surface area contributed by atoms with E-state index in [2.05, 4.69) is 9.97 Å². The van der Waals surface area contributed by atoms with Gasteiger partial charge < -0.3 is 19.2 Å². The van der Waals surface area contributed by atoms with Crippen LogP contribution < -0.4 is 15.0 Å². The predicted molar refractivity (Wildman–Crippen MR) is 115 cm³/mol. The topological polar surface area (TPSA) is 90.5 Å². The fourth-order valence-corrected chi connectivity index (χ4v) is 3.41. The maximum absolute atomic E-state index is 12.1. The standard InChI is InChI=1S/C20H28N2O5.C2H6/c1-12-21-14-9-16(15(25-6)8-13(14)17(23)22-12)27-11-19(2,3)10-20(4,5)18(24)26-7;1-2/h8-9H,10-11H2,1-7H3,(H,21,22,23);1-2H3. The fourth-order valence-electron chi connectivity index (χ4n) is 3.41. The second kappa shape index (κ2) is 9.76. The van der Waals surface area contributed by atoms with E-state index in [1.165, 1.54) is 14.2 Å². The average Bonchev–Trinajstić information content (AvgIpc) is 2.65. The van der Waals surface area contributed by atoms with Crippen LogP contribution in [0.5, 0.6) is 11.5 Å². The molecule has 0 aliphatic carbocycles. The highest BCUT2D eigenvalue weighted by atomic mass is 16.5. The largest absolute Gasteiger partial charge is 0.493 e. The minimum absolute atomic E-state index is 0.220. The number of ether oxygens (including phenoxy) is 3. The number of esters is 1. The SMILES string of the molecule is CC.COC(=O)C(C)(C)CC(C)(C)COc1cc2nc(C)[nH]c(=O)c2cc1OC. The van der Waals surface area contributed by atoms with E-state index in [9.17, 15) is 9.59 Å². The Morgan fingerprint density at radius 1 is 1.10 bits per heavy atom. The number of H-pyrrole nitrogens is 1. The summed E-state index contributed by atoms with van der Waals surface area (Å²) in [5, 5.41) is 0.441. The number of rotatable bonds is 7. The molecule has 2 rings (SSSR count). The summed E-state index contributed by atoms with van der Waals surface area (Å²) < 4.78 is 16.3. The number of benzene rings is 1. The summed E-state index contributed by atoms with van der Waals surface area (Å²) in [5.74, 6) is 1.25. The van der Waals surface area contributed by atoms with Gasteiger partial charge in [0.15, 0.2) is 11.5 Å². The molecule has 0 aliphatic heterocycles. The summed E-state index contributed by atoms with van der Waals surface area (Å²) in [5.41, 5.74) is -0.599. The average molecular weight is 407 g/mol. The molecule has 2 aromatic rings. The van der Waals surface area contributed by atoms with Crippen LogP contribution in [0.25, 0.3) is 10.9 Å². The van der Waals surface area contributed by atoms with E-state index in [0.717, 1.165) is 0 Å². The molecule has 29 heavy (non-hydrogen) atoms. The van der Waals surface area contributed by atoms with Gasteiger partial charge in [-0.05, 0) is 38.7 Å². The summed E-state index contributed by atoms with van der Waals surface area (Å²) in [7, 11) is 2.92. The predicted octanol–water partition coefficient (Wildman–Crippen LogP) is 4.26. The Labute approximate surface area is 172 Å². The second-order valence-electron chi connectivity index (χ2n) is 8.18. The zero-order valence-electron chi connectivity index (χ0n) is 19.1. The van der Waals surface area contributed by atoms with Crippen molar-refractivity contribution in [1.29, 1.82) is 0 Å². The van der Waals surface area contributed by atoms with Crippen LogP contribution in [0.1, 0.15) is 53.8 Å². The molecule has 0 aliphatic rings. The van der Waals surface area contributed by atoms with E-state index < -0.39 is 5.41 Å². The molecule has 0 saturated heterocycles. The van der Waals surface area contributed by atoms with Crippen molar-refractivity contribution in [3.05, 3.63) is 28.3 Å². The minimum atomic E-state index is -0.624. The molecular weight excluding hydrogens is 372 g/mol. The lowest BCUT2D eigenvalue weighted by molar-refractivity contribution is -0.152.